The highest BCUT2D eigenvalue weighted by Crippen LogP contribution is 2.29. The van der Waals surface area contributed by atoms with E-state index in [2.05, 4.69) is 4.98 Å². The number of hydrogen-bond donors (Lipinski definition) is 2. The van der Waals surface area contributed by atoms with Crippen LogP contribution in [0.4, 0.5) is 11.5 Å². The van der Waals surface area contributed by atoms with Crippen LogP contribution in [0, 0.1) is 6.92 Å². The first-order valence-corrected chi connectivity index (χ1v) is 4.86. The molecule has 0 spiro atoms. The van der Waals surface area contributed by atoms with Crippen LogP contribution in [-0.4, -0.2) is 11.1 Å². The molecule has 1 aliphatic rings. The van der Waals surface area contributed by atoms with E-state index >= 15 is 0 Å². The lowest BCUT2D eigenvalue weighted by Gasteiger charge is -2.27. The molecular formula is C10H15N3O. The summed E-state index contributed by atoms with van der Waals surface area (Å²) < 4.78 is 5.72. The SMILES string of the molecule is Cc1nc(N)c(N)cc1OC1CCC1. The predicted octanol–water partition coefficient (Wildman–Crippen LogP) is 1.49. The topological polar surface area (TPSA) is 74.2 Å². The largest absolute Gasteiger partial charge is 0.488 e. The summed E-state index contributed by atoms with van der Waals surface area (Å²) in [6.45, 7) is 1.88. The Kier molecular flexibility index (Phi) is 2.19. The van der Waals surface area contributed by atoms with Crippen molar-refractivity contribution in [3.63, 3.8) is 0 Å². The number of ether oxygens (including phenoxy) is 1. The Balaban J connectivity index is 2.19. The van der Waals surface area contributed by atoms with E-state index in [1.165, 1.54) is 6.42 Å². The molecule has 1 aromatic heterocycles. The molecule has 0 atom stereocenters. The summed E-state index contributed by atoms with van der Waals surface area (Å²) in [5.41, 5.74) is 12.5. The van der Waals surface area contributed by atoms with Crippen molar-refractivity contribution in [1.29, 1.82) is 0 Å². The Hall–Kier alpha value is -1.45. The lowest BCUT2D eigenvalue weighted by Crippen LogP contribution is -2.25. The van der Waals surface area contributed by atoms with Crippen LogP contribution >= 0.6 is 0 Å². The van der Waals surface area contributed by atoms with E-state index in [1.807, 2.05) is 6.92 Å². The van der Waals surface area contributed by atoms with Gasteiger partial charge in [-0.2, -0.15) is 0 Å². The maximum absolute atomic E-state index is 5.72. The molecule has 14 heavy (non-hydrogen) atoms. The van der Waals surface area contributed by atoms with E-state index in [1.54, 1.807) is 6.07 Å². The van der Waals surface area contributed by atoms with E-state index in [0.29, 0.717) is 17.6 Å². The molecular weight excluding hydrogens is 178 g/mol. The summed E-state index contributed by atoms with van der Waals surface area (Å²) in [6, 6.07) is 1.76. The monoisotopic (exact) mass is 193 g/mol. The highest BCUT2D eigenvalue weighted by molar-refractivity contribution is 5.61. The van der Waals surface area contributed by atoms with Crippen molar-refractivity contribution < 1.29 is 4.74 Å². The van der Waals surface area contributed by atoms with Crippen LogP contribution in [0.1, 0.15) is 25.0 Å². The van der Waals surface area contributed by atoms with Crippen LogP contribution in [0.15, 0.2) is 6.07 Å². The van der Waals surface area contributed by atoms with E-state index in [0.717, 1.165) is 24.3 Å². The predicted molar refractivity (Wildman–Crippen MR) is 56.1 cm³/mol. The second-order valence-electron chi connectivity index (χ2n) is 3.72. The van der Waals surface area contributed by atoms with E-state index in [-0.39, 0.29) is 0 Å². The summed E-state index contributed by atoms with van der Waals surface area (Å²) in [5.74, 6) is 1.14. The van der Waals surface area contributed by atoms with Crippen LogP contribution in [0.2, 0.25) is 0 Å². The van der Waals surface area contributed by atoms with Gasteiger partial charge in [0, 0.05) is 6.07 Å². The van der Waals surface area contributed by atoms with Crippen LogP contribution in [0.25, 0.3) is 0 Å². The van der Waals surface area contributed by atoms with Crippen LogP contribution in [-0.2, 0) is 0 Å². The fourth-order valence-electron chi connectivity index (χ4n) is 1.41. The van der Waals surface area contributed by atoms with Gasteiger partial charge in [0.1, 0.15) is 11.6 Å². The first-order valence-electron chi connectivity index (χ1n) is 4.86. The zero-order chi connectivity index (χ0) is 10.1. The van der Waals surface area contributed by atoms with Crippen LogP contribution < -0.4 is 16.2 Å². The molecule has 0 aromatic carbocycles. The van der Waals surface area contributed by atoms with Crippen molar-refractivity contribution in [3.8, 4) is 5.75 Å². The summed E-state index contributed by atoms with van der Waals surface area (Å²) in [4.78, 5) is 4.11. The Labute approximate surface area is 83.3 Å². The van der Waals surface area contributed by atoms with Gasteiger partial charge >= 0.3 is 0 Å². The molecule has 4 heteroatoms. The fourth-order valence-corrected chi connectivity index (χ4v) is 1.41. The van der Waals surface area contributed by atoms with Gasteiger partial charge < -0.3 is 16.2 Å². The smallest absolute Gasteiger partial charge is 0.147 e. The Morgan fingerprint density at radius 2 is 2.14 bits per heavy atom. The second-order valence-corrected chi connectivity index (χ2v) is 3.72. The number of hydrogen-bond acceptors (Lipinski definition) is 4. The van der Waals surface area contributed by atoms with Crippen LogP contribution in [0.3, 0.4) is 0 Å². The molecule has 1 aliphatic carbocycles. The quantitative estimate of drug-likeness (QED) is 0.746. The van der Waals surface area contributed by atoms with Gasteiger partial charge in [0.25, 0.3) is 0 Å². The van der Waals surface area contributed by atoms with Gasteiger partial charge in [-0.25, -0.2) is 4.98 Å². The van der Waals surface area contributed by atoms with Gasteiger partial charge in [-0.3, -0.25) is 0 Å². The summed E-state index contributed by atoms with van der Waals surface area (Å²) in [7, 11) is 0. The molecule has 0 unspecified atom stereocenters. The summed E-state index contributed by atoms with van der Waals surface area (Å²) in [6.07, 6.45) is 3.85. The lowest BCUT2D eigenvalue weighted by atomic mass is 9.96. The molecule has 0 bridgehead atoms. The molecule has 76 valence electrons. The first-order chi connectivity index (χ1) is 6.66. The van der Waals surface area contributed by atoms with Gasteiger partial charge in [0.05, 0.1) is 17.5 Å². The van der Waals surface area contributed by atoms with E-state index < -0.39 is 0 Å². The number of aryl methyl sites for hydroxylation is 1. The van der Waals surface area contributed by atoms with Gasteiger partial charge in [-0.1, -0.05) is 0 Å². The molecule has 1 aromatic rings. The number of nitrogen functional groups attached to an aromatic ring is 2. The summed E-state index contributed by atoms with van der Waals surface area (Å²) >= 11 is 0. The minimum Gasteiger partial charge on any atom is -0.488 e. The van der Waals surface area contributed by atoms with Gasteiger partial charge in [0.15, 0.2) is 0 Å². The Morgan fingerprint density at radius 1 is 1.43 bits per heavy atom. The second kappa shape index (κ2) is 3.36. The zero-order valence-electron chi connectivity index (χ0n) is 8.29. The van der Waals surface area contributed by atoms with Crippen molar-refractivity contribution in [1.82, 2.24) is 4.98 Å². The van der Waals surface area contributed by atoms with E-state index in [4.69, 9.17) is 16.2 Å². The summed E-state index contributed by atoms with van der Waals surface area (Å²) in [5, 5.41) is 0. The van der Waals surface area contributed by atoms with Crippen molar-refractivity contribution in [2.24, 2.45) is 0 Å². The molecule has 2 rings (SSSR count). The average Bonchev–Trinajstić information content (AvgIpc) is 2.06. The number of nitrogens with zero attached hydrogens (tertiary/aromatic N) is 1. The molecule has 1 fully saturated rings. The van der Waals surface area contributed by atoms with Crippen molar-refractivity contribution in [3.05, 3.63) is 11.8 Å². The third-order valence-electron chi connectivity index (χ3n) is 2.57. The average molecular weight is 193 g/mol. The van der Waals surface area contributed by atoms with Crippen molar-refractivity contribution in [2.75, 3.05) is 11.5 Å². The molecule has 1 heterocycles. The van der Waals surface area contributed by atoms with Gasteiger partial charge in [-0.15, -0.1) is 0 Å². The zero-order valence-corrected chi connectivity index (χ0v) is 8.29. The number of anilines is 2. The maximum atomic E-state index is 5.72. The molecule has 0 radical (unpaired) electrons. The van der Waals surface area contributed by atoms with E-state index in [9.17, 15) is 0 Å². The van der Waals surface area contributed by atoms with Crippen molar-refractivity contribution in [2.45, 2.75) is 32.3 Å². The highest BCUT2D eigenvalue weighted by Gasteiger charge is 2.20. The molecule has 0 aliphatic heterocycles. The van der Waals surface area contributed by atoms with Crippen LogP contribution in [0.5, 0.6) is 5.75 Å². The molecule has 0 saturated heterocycles. The Morgan fingerprint density at radius 3 is 2.71 bits per heavy atom. The number of nitrogens with two attached hydrogens (primary N) is 2. The number of pyridine rings is 1. The number of aromatic nitrogens is 1. The van der Waals surface area contributed by atoms with Gasteiger partial charge in [0.2, 0.25) is 0 Å². The molecule has 1 saturated carbocycles. The first kappa shape index (κ1) is 9.12. The maximum Gasteiger partial charge on any atom is 0.147 e. The Bertz CT molecular complexity index is 347. The lowest BCUT2D eigenvalue weighted by molar-refractivity contribution is 0.119. The molecule has 4 nitrogen and oxygen atoms in total. The minimum atomic E-state index is 0.346. The van der Waals surface area contributed by atoms with Crippen molar-refractivity contribution >= 4 is 11.5 Å². The normalized spacial score (nSPS) is 16.4. The number of rotatable bonds is 2. The highest BCUT2D eigenvalue weighted by atomic mass is 16.5. The molecule has 4 N–H and O–H groups in total. The standard InChI is InChI=1S/C10H15N3O/c1-6-9(14-7-3-2-4-7)5-8(11)10(12)13-6/h5,7H,2-4,11H2,1H3,(H2,12,13). The minimum absolute atomic E-state index is 0.346. The fraction of sp³-hybridized carbons (Fsp3) is 0.500. The third kappa shape index (κ3) is 1.60. The van der Waals surface area contributed by atoms with Gasteiger partial charge in [-0.05, 0) is 26.2 Å². The molecule has 0 amide bonds. The third-order valence-corrected chi connectivity index (χ3v) is 2.57.